The fourth-order valence-corrected chi connectivity index (χ4v) is 3.84. The zero-order valence-electron chi connectivity index (χ0n) is 18.1. The minimum Gasteiger partial charge on any atom is -0.490 e. The second-order valence-corrected chi connectivity index (χ2v) is 7.14. The van der Waals surface area contributed by atoms with Crippen LogP contribution in [0.4, 0.5) is 5.69 Å². The lowest BCUT2D eigenvalue weighted by atomic mass is 10.1. The summed E-state index contributed by atoms with van der Waals surface area (Å²) in [6.45, 7) is 8.76. The maximum atomic E-state index is 12.9. The molecule has 1 fully saturated rings. The fourth-order valence-electron chi connectivity index (χ4n) is 3.84. The van der Waals surface area contributed by atoms with E-state index in [0.717, 1.165) is 19.4 Å². The number of rotatable bonds is 10. The standard InChI is InChI=1S/C24H32N2O4/c1-4-28-21-15-18(16-22(29-5-2)23(21)30-6-3)24(27)25-17-20-13-10-14-26(20)19-11-8-7-9-12-19/h7-9,11-12,15-16,20H,4-6,10,13-14,17H2,1-3H3,(H,25,27). The van der Waals surface area contributed by atoms with E-state index in [1.807, 2.05) is 39.0 Å². The number of nitrogens with one attached hydrogen (secondary N) is 1. The van der Waals surface area contributed by atoms with Crippen molar-refractivity contribution >= 4 is 11.6 Å². The summed E-state index contributed by atoms with van der Waals surface area (Å²) in [5, 5.41) is 3.10. The van der Waals surface area contributed by atoms with Crippen molar-refractivity contribution in [1.82, 2.24) is 5.32 Å². The van der Waals surface area contributed by atoms with Crippen LogP contribution in [0.1, 0.15) is 44.0 Å². The topological polar surface area (TPSA) is 60.0 Å². The van der Waals surface area contributed by atoms with Gasteiger partial charge in [0.1, 0.15) is 0 Å². The fraction of sp³-hybridized carbons (Fsp3) is 0.458. The van der Waals surface area contributed by atoms with E-state index >= 15 is 0 Å². The van der Waals surface area contributed by atoms with E-state index in [2.05, 4.69) is 22.3 Å². The molecule has 1 atom stereocenters. The lowest BCUT2D eigenvalue weighted by Gasteiger charge is -2.27. The van der Waals surface area contributed by atoms with Gasteiger partial charge in [-0.3, -0.25) is 4.79 Å². The number of nitrogens with zero attached hydrogens (tertiary/aromatic N) is 1. The smallest absolute Gasteiger partial charge is 0.251 e. The van der Waals surface area contributed by atoms with Gasteiger partial charge in [0.05, 0.1) is 19.8 Å². The summed E-state index contributed by atoms with van der Waals surface area (Å²) < 4.78 is 17.2. The average Bonchev–Trinajstić information content (AvgIpc) is 3.23. The molecule has 0 aliphatic carbocycles. The van der Waals surface area contributed by atoms with E-state index < -0.39 is 0 Å². The van der Waals surface area contributed by atoms with Gasteiger partial charge in [0.15, 0.2) is 11.5 Å². The number of hydrogen-bond acceptors (Lipinski definition) is 5. The molecule has 0 aromatic heterocycles. The molecule has 0 spiro atoms. The molecule has 1 aliphatic heterocycles. The van der Waals surface area contributed by atoms with Gasteiger partial charge in [-0.1, -0.05) is 18.2 Å². The van der Waals surface area contributed by atoms with Crippen molar-refractivity contribution < 1.29 is 19.0 Å². The van der Waals surface area contributed by atoms with E-state index in [9.17, 15) is 4.79 Å². The second kappa shape index (κ2) is 10.8. The monoisotopic (exact) mass is 412 g/mol. The Hall–Kier alpha value is -2.89. The molecule has 6 heteroatoms. The molecule has 1 heterocycles. The first-order valence-corrected chi connectivity index (χ1v) is 10.8. The average molecular weight is 413 g/mol. The SMILES string of the molecule is CCOc1cc(C(=O)NCC2CCCN2c2ccccc2)cc(OCC)c1OCC. The van der Waals surface area contributed by atoms with Crippen molar-refractivity contribution in [3.05, 3.63) is 48.0 Å². The van der Waals surface area contributed by atoms with Crippen LogP contribution in [0.2, 0.25) is 0 Å². The Bertz CT molecular complexity index is 798. The van der Waals surface area contributed by atoms with Gasteiger partial charge in [0.2, 0.25) is 5.75 Å². The first-order valence-electron chi connectivity index (χ1n) is 10.8. The number of hydrogen-bond donors (Lipinski definition) is 1. The molecule has 1 aliphatic rings. The van der Waals surface area contributed by atoms with E-state index in [1.165, 1.54) is 5.69 Å². The maximum Gasteiger partial charge on any atom is 0.251 e. The number of ether oxygens (including phenoxy) is 3. The maximum absolute atomic E-state index is 12.9. The van der Waals surface area contributed by atoms with Crippen LogP contribution in [0.5, 0.6) is 17.2 Å². The van der Waals surface area contributed by atoms with Crippen LogP contribution < -0.4 is 24.4 Å². The molecule has 1 amide bonds. The summed E-state index contributed by atoms with van der Waals surface area (Å²) in [5.41, 5.74) is 1.71. The summed E-state index contributed by atoms with van der Waals surface area (Å²) in [6, 6.07) is 14.1. The van der Waals surface area contributed by atoms with Gasteiger partial charge in [-0.25, -0.2) is 0 Å². The van der Waals surface area contributed by atoms with Crippen molar-refractivity contribution in [3.8, 4) is 17.2 Å². The third-order valence-corrected chi connectivity index (χ3v) is 5.13. The van der Waals surface area contributed by atoms with Gasteiger partial charge in [0, 0.05) is 30.4 Å². The van der Waals surface area contributed by atoms with Crippen molar-refractivity contribution in [2.45, 2.75) is 39.7 Å². The van der Waals surface area contributed by atoms with Crippen LogP contribution in [-0.2, 0) is 0 Å². The van der Waals surface area contributed by atoms with Crippen molar-refractivity contribution in [1.29, 1.82) is 0 Å². The molecule has 162 valence electrons. The molecule has 3 rings (SSSR count). The lowest BCUT2D eigenvalue weighted by molar-refractivity contribution is 0.0950. The highest BCUT2D eigenvalue weighted by atomic mass is 16.5. The van der Waals surface area contributed by atoms with Gasteiger partial charge in [-0.05, 0) is 57.9 Å². The molecule has 1 saturated heterocycles. The number of carbonyl (C=O) groups excluding carboxylic acids is 1. The molecule has 2 aromatic rings. The normalized spacial score (nSPS) is 15.7. The van der Waals surface area contributed by atoms with E-state index in [1.54, 1.807) is 12.1 Å². The third-order valence-electron chi connectivity index (χ3n) is 5.13. The number of carbonyl (C=O) groups is 1. The van der Waals surface area contributed by atoms with Crippen LogP contribution in [0.3, 0.4) is 0 Å². The quantitative estimate of drug-likeness (QED) is 0.631. The number of anilines is 1. The van der Waals surface area contributed by atoms with Crippen LogP contribution in [0.25, 0.3) is 0 Å². The summed E-state index contributed by atoms with van der Waals surface area (Å²) in [7, 11) is 0. The highest BCUT2D eigenvalue weighted by molar-refractivity contribution is 5.95. The summed E-state index contributed by atoms with van der Waals surface area (Å²) >= 11 is 0. The Morgan fingerprint density at radius 1 is 1.00 bits per heavy atom. The van der Waals surface area contributed by atoms with Crippen molar-refractivity contribution in [2.75, 3.05) is 37.8 Å². The zero-order chi connectivity index (χ0) is 21.3. The van der Waals surface area contributed by atoms with Crippen LogP contribution in [0.15, 0.2) is 42.5 Å². The lowest BCUT2D eigenvalue weighted by Crippen LogP contribution is -2.40. The highest BCUT2D eigenvalue weighted by Gasteiger charge is 2.25. The molecule has 0 saturated carbocycles. The highest BCUT2D eigenvalue weighted by Crippen LogP contribution is 2.39. The molecule has 30 heavy (non-hydrogen) atoms. The molecule has 0 bridgehead atoms. The van der Waals surface area contributed by atoms with Crippen molar-refractivity contribution in [3.63, 3.8) is 0 Å². The Labute approximate surface area is 179 Å². The zero-order valence-corrected chi connectivity index (χ0v) is 18.1. The Kier molecular flexibility index (Phi) is 7.82. The van der Waals surface area contributed by atoms with Gasteiger partial charge in [-0.15, -0.1) is 0 Å². The first-order chi connectivity index (χ1) is 14.7. The van der Waals surface area contributed by atoms with Gasteiger partial charge >= 0.3 is 0 Å². The van der Waals surface area contributed by atoms with Crippen LogP contribution >= 0.6 is 0 Å². The van der Waals surface area contributed by atoms with Gasteiger partial charge in [0.25, 0.3) is 5.91 Å². The van der Waals surface area contributed by atoms with Crippen LogP contribution in [0, 0.1) is 0 Å². The molecular formula is C24H32N2O4. The third kappa shape index (κ3) is 5.17. The minimum absolute atomic E-state index is 0.139. The number of amides is 1. The molecule has 1 N–H and O–H groups in total. The number of benzene rings is 2. The second-order valence-electron chi connectivity index (χ2n) is 7.14. The van der Waals surface area contributed by atoms with Gasteiger partial charge < -0.3 is 24.4 Å². The Balaban J connectivity index is 1.74. The summed E-state index contributed by atoms with van der Waals surface area (Å²) in [5.74, 6) is 1.47. The van der Waals surface area contributed by atoms with E-state index in [0.29, 0.717) is 49.2 Å². The first kappa shape index (κ1) is 21.8. The molecule has 6 nitrogen and oxygen atoms in total. The molecule has 1 unspecified atom stereocenters. The molecule has 0 radical (unpaired) electrons. The minimum atomic E-state index is -0.139. The molecule has 2 aromatic carbocycles. The summed E-state index contributed by atoms with van der Waals surface area (Å²) in [4.78, 5) is 15.3. The molecular weight excluding hydrogens is 380 g/mol. The number of para-hydroxylation sites is 1. The van der Waals surface area contributed by atoms with E-state index in [-0.39, 0.29) is 11.9 Å². The Morgan fingerprint density at radius 3 is 2.23 bits per heavy atom. The predicted molar refractivity (Wildman–Crippen MR) is 119 cm³/mol. The van der Waals surface area contributed by atoms with Crippen LogP contribution in [-0.4, -0.2) is 44.9 Å². The predicted octanol–water partition coefficient (Wildman–Crippen LogP) is 4.28. The van der Waals surface area contributed by atoms with Gasteiger partial charge in [-0.2, -0.15) is 0 Å². The van der Waals surface area contributed by atoms with E-state index in [4.69, 9.17) is 14.2 Å². The largest absolute Gasteiger partial charge is 0.490 e. The van der Waals surface area contributed by atoms with Crippen molar-refractivity contribution in [2.24, 2.45) is 0 Å². The summed E-state index contributed by atoms with van der Waals surface area (Å²) in [6.07, 6.45) is 2.19. The Morgan fingerprint density at radius 2 is 1.63 bits per heavy atom.